The fourth-order valence-electron chi connectivity index (χ4n) is 1.52. The molecule has 1 rings (SSSR count). The maximum atomic E-state index is 11.5. The van der Waals surface area contributed by atoms with Gasteiger partial charge in [0.1, 0.15) is 0 Å². The topological polar surface area (TPSA) is 41.1 Å². The third-order valence-electron chi connectivity index (χ3n) is 2.40. The molecule has 0 bridgehead atoms. The molecule has 0 aliphatic carbocycles. The second-order valence-corrected chi connectivity index (χ2v) is 4.12. The van der Waals surface area contributed by atoms with Crippen LogP contribution in [0.15, 0.2) is 0 Å². The van der Waals surface area contributed by atoms with Crippen LogP contribution in [0.3, 0.4) is 0 Å². The van der Waals surface area contributed by atoms with Gasteiger partial charge in [0.25, 0.3) is 0 Å². The SMILES string of the molecule is CC(C)CCNC(=O)C1CCCN1. The van der Waals surface area contributed by atoms with Crippen LogP contribution in [0.25, 0.3) is 0 Å². The number of carbonyl (C=O) groups excluding carboxylic acids is 1. The summed E-state index contributed by atoms with van der Waals surface area (Å²) in [5.41, 5.74) is 0. The molecule has 1 aliphatic heterocycles. The van der Waals surface area contributed by atoms with Crippen molar-refractivity contribution >= 4 is 5.91 Å². The van der Waals surface area contributed by atoms with Gasteiger partial charge in [-0.05, 0) is 31.7 Å². The van der Waals surface area contributed by atoms with Crippen molar-refractivity contribution in [1.29, 1.82) is 0 Å². The van der Waals surface area contributed by atoms with E-state index in [1.165, 1.54) is 0 Å². The molecule has 1 aliphatic rings. The van der Waals surface area contributed by atoms with Crippen molar-refractivity contribution in [2.45, 2.75) is 39.2 Å². The van der Waals surface area contributed by atoms with Gasteiger partial charge in [-0.25, -0.2) is 0 Å². The van der Waals surface area contributed by atoms with E-state index in [4.69, 9.17) is 0 Å². The van der Waals surface area contributed by atoms with Crippen molar-refractivity contribution in [3.05, 3.63) is 0 Å². The molecular weight excluding hydrogens is 164 g/mol. The third kappa shape index (κ3) is 3.77. The Morgan fingerprint density at radius 3 is 2.92 bits per heavy atom. The first-order chi connectivity index (χ1) is 6.20. The highest BCUT2D eigenvalue weighted by Gasteiger charge is 2.20. The second kappa shape index (κ2) is 5.22. The number of hydrogen-bond acceptors (Lipinski definition) is 2. The molecule has 13 heavy (non-hydrogen) atoms. The largest absolute Gasteiger partial charge is 0.355 e. The Morgan fingerprint density at radius 2 is 2.38 bits per heavy atom. The summed E-state index contributed by atoms with van der Waals surface area (Å²) in [4.78, 5) is 11.5. The van der Waals surface area contributed by atoms with Crippen LogP contribution in [0.4, 0.5) is 0 Å². The molecule has 3 heteroatoms. The molecule has 0 saturated carbocycles. The predicted octanol–water partition coefficient (Wildman–Crippen LogP) is 0.901. The zero-order valence-electron chi connectivity index (χ0n) is 8.60. The highest BCUT2D eigenvalue weighted by atomic mass is 16.2. The van der Waals surface area contributed by atoms with Crippen molar-refractivity contribution in [2.24, 2.45) is 5.92 Å². The monoisotopic (exact) mass is 184 g/mol. The highest BCUT2D eigenvalue weighted by molar-refractivity contribution is 5.81. The molecular formula is C10H20N2O. The van der Waals surface area contributed by atoms with Gasteiger partial charge in [0.2, 0.25) is 5.91 Å². The minimum atomic E-state index is 0.0761. The summed E-state index contributed by atoms with van der Waals surface area (Å²) in [6, 6.07) is 0.0761. The predicted molar refractivity (Wildman–Crippen MR) is 53.5 cm³/mol. The van der Waals surface area contributed by atoms with E-state index in [9.17, 15) is 4.79 Å². The average Bonchev–Trinajstić information content (AvgIpc) is 2.55. The molecule has 3 nitrogen and oxygen atoms in total. The van der Waals surface area contributed by atoms with E-state index in [1.54, 1.807) is 0 Å². The maximum absolute atomic E-state index is 11.5. The van der Waals surface area contributed by atoms with Crippen molar-refractivity contribution < 1.29 is 4.79 Å². The molecule has 0 aromatic carbocycles. The molecule has 1 saturated heterocycles. The van der Waals surface area contributed by atoms with Crippen molar-refractivity contribution in [2.75, 3.05) is 13.1 Å². The molecule has 0 aromatic rings. The van der Waals surface area contributed by atoms with Gasteiger partial charge in [-0.2, -0.15) is 0 Å². The Hall–Kier alpha value is -0.570. The summed E-state index contributed by atoms with van der Waals surface area (Å²) in [7, 11) is 0. The van der Waals surface area contributed by atoms with Gasteiger partial charge in [0, 0.05) is 6.54 Å². The van der Waals surface area contributed by atoms with Crippen LogP contribution in [0.1, 0.15) is 33.1 Å². The molecule has 1 amide bonds. The quantitative estimate of drug-likeness (QED) is 0.681. The molecule has 76 valence electrons. The summed E-state index contributed by atoms with van der Waals surface area (Å²) >= 11 is 0. The Labute approximate surface area is 80.3 Å². The van der Waals surface area contributed by atoms with Gasteiger partial charge in [-0.3, -0.25) is 4.79 Å². The minimum Gasteiger partial charge on any atom is -0.355 e. The lowest BCUT2D eigenvalue weighted by atomic mass is 10.1. The van der Waals surface area contributed by atoms with Gasteiger partial charge in [-0.1, -0.05) is 13.8 Å². The molecule has 0 radical (unpaired) electrons. The van der Waals surface area contributed by atoms with E-state index in [-0.39, 0.29) is 11.9 Å². The second-order valence-electron chi connectivity index (χ2n) is 4.12. The molecule has 1 atom stereocenters. The normalized spacial score (nSPS) is 22.2. The van der Waals surface area contributed by atoms with Crippen molar-refractivity contribution in [1.82, 2.24) is 10.6 Å². The number of rotatable bonds is 4. The van der Waals surface area contributed by atoms with Gasteiger partial charge in [0.15, 0.2) is 0 Å². The van der Waals surface area contributed by atoms with Gasteiger partial charge < -0.3 is 10.6 Å². The first-order valence-electron chi connectivity index (χ1n) is 5.21. The summed E-state index contributed by atoms with van der Waals surface area (Å²) in [6.45, 7) is 6.14. The lowest BCUT2D eigenvalue weighted by Crippen LogP contribution is -2.40. The third-order valence-corrected chi connectivity index (χ3v) is 2.40. The zero-order valence-corrected chi connectivity index (χ0v) is 8.60. The number of carbonyl (C=O) groups is 1. The van der Waals surface area contributed by atoms with Gasteiger partial charge in [-0.15, -0.1) is 0 Å². The van der Waals surface area contributed by atoms with E-state index in [0.717, 1.165) is 32.4 Å². The van der Waals surface area contributed by atoms with Crippen LogP contribution < -0.4 is 10.6 Å². The Balaban J connectivity index is 2.10. The van der Waals surface area contributed by atoms with Crippen LogP contribution in [-0.4, -0.2) is 25.0 Å². The van der Waals surface area contributed by atoms with Crippen LogP contribution in [0.5, 0.6) is 0 Å². The fraction of sp³-hybridized carbons (Fsp3) is 0.900. The lowest BCUT2D eigenvalue weighted by Gasteiger charge is -2.11. The van der Waals surface area contributed by atoms with Crippen LogP contribution in [-0.2, 0) is 4.79 Å². The molecule has 1 heterocycles. The molecule has 2 N–H and O–H groups in total. The van der Waals surface area contributed by atoms with E-state index >= 15 is 0 Å². The van der Waals surface area contributed by atoms with Gasteiger partial charge in [0.05, 0.1) is 6.04 Å². The molecule has 1 fully saturated rings. The first-order valence-corrected chi connectivity index (χ1v) is 5.21. The average molecular weight is 184 g/mol. The van der Waals surface area contributed by atoms with E-state index in [1.807, 2.05) is 0 Å². The van der Waals surface area contributed by atoms with E-state index < -0.39 is 0 Å². The summed E-state index contributed by atoms with van der Waals surface area (Å²) in [5.74, 6) is 0.843. The standard InChI is InChI=1S/C10H20N2O/c1-8(2)5-7-12-10(13)9-4-3-6-11-9/h8-9,11H,3-7H2,1-2H3,(H,12,13). The summed E-state index contributed by atoms with van der Waals surface area (Å²) in [6.07, 6.45) is 3.19. The molecule has 0 spiro atoms. The first kappa shape index (κ1) is 10.5. The van der Waals surface area contributed by atoms with E-state index in [2.05, 4.69) is 24.5 Å². The molecule has 1 unspecified atom stereocenters. The Morgan fingerprint density at radius 1 is 1.62 bits per heavy atom. The number of nitrogens with one attached hydrogen (secondary N) is 2. The summed E-state index contributed by atoms with van der Waals surface area (Å²) < 4.78 is 0. The minimum absolute atomic E-state index is 0.0761. The summed E-state index contributed by atoms with van der Waals surface area (Å²) in [5, 5.41) is 6.14. The zero-order chi connectivity index (χ0) is 9.68. The van der Waals surface area contributed by atoms with Crippen molar-refractivity contribution in [3.63, 3.8) is 0 Å². The smallest absolute Gasteiger partial charge is 0.237 e. The lowest BCUT2D eigenvalue weighted by molar-refractivity contribution is -0.122. The van der Waals surface area contributed by atoms with Crippen LogP contribution in [0.2, 0.25) is 0 Å². The van der Waals surface area contributed by atoms with Crippen LogP contribution in [0, 0.1) is 5.92 Å². The van der Waals surface area contributed by atoms with Gasteiger partial charge >= 0.3 is 0 Å². The van der Waals surface area contributed by atoms with Crippen LogP contribution >= 0.6 is 0 Å². The van der Waals surface area contributed by atoms with Crippen molar-refractivity contribution in [3.8, 4) is 0 Å². The molecule has 0 aromatic heterocycles. The fourth-order valence-corrected chi connectivity index (χ4v) is 1.52. The Kier molecular flexibility index (Phi) is 4.22. The highest BCUT2D eigenvalue weighted by Crippen LogP contribution is 2.04. The number of amides is 1. The Bertz CT molecular complexity index is 162. The van der Waals surface area contributed by atoms with E-state index in [0.29, 0.717) is 5.92 Å². The number of hydrogen-bond donors (Lipinski definition) is 2. The maximum Gasteiger partial charge on any atom is 0.237 e.